The van der Waals surface area contributed by atoms with Crippen molar-refractivity contribution in [3.05, 3.63) is 53.3 Å². The van der Waals surface area contributed by atoms with Crippen LogP contribution in [0.1, 0.15) is 94.2 Å². The fourth-order valence-electron chi connectivity index (χ4n) is 6.51. The van der Waals surface area contributed by atoms with Crippen LogP contribution in [-0.2, 0) is 4.79 Å². The number of amides is 1. The van der Waals surface area contributed by atoms with Gasteiger partial charge in [0.25, 0.3) is 0 Å². The molecule has 3 N–H and O–H groups in total. The average molecular weight is 535 g/mol. The molecule has 6 nitrogen and oxygen atoms in total. The first-order valence-corrected chi connectivity index (χ1v) is 15.1. The molecule has 38 heavy (non-hydrogen) atoms. The van der Waals surface area contributed by atoms with Crippen LogP contribution in [0, 0.1) is 23.7 Å². The topological polar surface area (TPSA) is 98.0 Å². The Balaban J connectivity index is 0.000000216. The molecule has 0 spiro atoms. The fourth-order valence-corrected chi connectivity index (χ4v) is 7.32. The van der Waals surface area contributed by atoms with Gasteiger partial charge in [0.05, 0.1) is 5.69 Å². The highest BCUT2D eigenvalue weighted by atomic mass is 32.1. The lowest BCUT2D eigenvalue weighted by atomic mass is 9.75. The van der Waals surface area contributed by atoms with E-state index in [-0.39, 0.29) is 17.6 Å². The number of pyridine rings is 1. The number of carbonyl (C=O) groups is 2. The van der Waals surface area contributed by atoms with E-state index in [1.54, 1.807) is 17.5 Å². The van der Waals surface area contributed by atoms with Crippen molar-refractivity contribution < 1.29 is 9.59 Å². The zero-order valence-electron chi connectivity index (χ0n) is 23.0. The number of nitrogens with zero attached hydrogens (tertiary/aromatic N) is 2. The third-order valence-corrected chi connectivity index (χ3v) is 9.37. The van der Waals surface area contributed by atoms with Crippen molar-refractivity contribution in [3.8, 4) is 0 Å². The van der Waals surface area contributed by atoms with Gasteiger partial charge in [-0.3, -0.25) is 14.6 Å². The monoisotopic (exact) mass is 534 g/mol. The molecule has 2 aromatic heterocycles. The van der Waals surface area contributed by atoms with Crippen molar-refractivity contribution in [2.75, 3.05) is 11.9 Å². The van der Waals surface area contributed by atoms with E-state index in [2.05, 4.69) is 22.6 Å². The Bertz CT molecular complexity index is 1220. The van der Waals surface area contributed by atoms with Crippen LogP contribution in [0.3, 0.4) is 0 Å². The molecule has 2 aliphatic rings. The number of primary amides is 1. The van der Waals surface area contributed by atoms with Gasteiger partial charge in [0.2, 0.25) is 5.91 Å². The van der Waals surface area contributed by atoms with Crippen LogP contribution in [-0.4, -0.2) is 28.2 Å². The van der Waals surface area contributed by atoms with Gasteiger partial charge in [-0.1, -0.05) is 63.8 Å². The zero-order chi connectivity index (χ0) is 27.1. The van der Waals surface area contributed by atoms with Crippen LogP contribution < -0.4 is 11.1 Å². The molecular formula is C31H42N4O2S. The Hall–Kier alpha value is -2.80. The molecule has 2 bridgehead atoms. The molecule has 7 heteroatoms. The van der Waals surface area contributed by atoms with Crippen molar-refractivity contribution in [3.63, 3.8) is 0 Å². The highest BCUT2D eigenvalue weighted by molar-refractivity contribution is 7.13. The number of hydrogen-bond acceptors (Lipinski definition) is 6. The van der Waals surface area contributed by atoms with E-state index in [9.17, 15) is 9.59 Å². The summed E-state index contributed by atoms with van der Waals surface area (Å²) in [6.07, 6.45) is 11.6. The van der Waals surface area contributed by atoms with E-state index in [4.69, 9.17) is 10.7 Å². The second-order valence-corrected chi connectivity index (χ2v) is 11.9. The minimum atomic E-state index is -0.190. The van der Waals surface area contributed by atoms with Gasteiger partial charge in [-0.05, 0) is 54.9 Å². The van der Waals surface area contributed by atoms with Gasteiger partial charge < -0.3 is 11.1 Å². The largest absolute Gasteiger partial charge is 0.369 e. The number of unbranched alkanes of at least 4 members (excludes halogenated alkanes) is 1. The van der Waals surface area contributed by atoms with Gasteiger partial charge >= 0.3 is 0 Å². The van der Waals surface area contributed by atoms with Gasteiger partial charge in [-0.15, -0.1) is 11.3 Å². The number of nitrogens with one attached hydrogen (secondary N) is 1. The molecule has 1 amide bonds. The molecule has 3 aromatic rings. The lowest BCUT2D eigenvalue weighted by Crippen LogP contribution is -2.21. The summed E-state index contributed by atoms with van der Waals surface area (Å²) in [5.41, 5.74) is 7.19. The van der Waals surface area contributed by atoms with Crippen LogP contribution in [0.2, 0.25) is 0 Å². The number of carbonyl (C=O) groups excluding carboxylic acids is 2. The number of fused-ring (bicyclic) bond motifs is 3. The second kappa shape index (κ2) is 13.3. The van der Waals surface area contributed by atoms with Gasteiger partial charge in [0.1, 0.15) is 5.69 Å². The smallest absolute Gasteiger partial charge is 0.220 e. The predicted octanol–water partition coefficient (Wildman–Crippen LogP) is 7.21. The van der Waals surface area contributed by atoms with Crippen LogP contribution in [0.15, 0.2) is 41.9 Å². The number of Topliss-reactive ketones (excluding diaryl/α,β-unsaturated/α-hetero) is 1. The highest BCUT2D eigenvalue weighted by Gasteiger charge is 2.45. The standard InChI is InChI=1S/C20H33N3OS.C11H9NO/c1-3-15-14-8-6-9-16(15)17(11-14)18-12-25-20(23-18)22-10-5-4-7-13(2)19(21)24;1-8(13)11-10-5-3-2-4-9(10)6-7-12-11/h12-17H,3-11H2,1-2H3,(H2,21,24)(H,22,23);2-7H,1H3. The third-order valence-electron chi connectivity index (χ3n) is 8.55. The summed E-state index contributed by atoms with van der Waals surface area (Å²) in [4.78, 5) is 31.2. The summed E-state index contributed by atoms with van der Waals surface area (Å²) >= 11 is 1.75. The Kier molecular flexibility index (Phi) is 9.89. The molecule has 5 atom stereocenters. The fraction of sp³-hybridized carbons (Fsp3) is 0.548. The molecule has 2 saturated carbocycles. The molecule has 2 heterocycles. The van der Waals surface area contributed by atoms with Crippen molar-refractivity contribution in [2.45, 2.75) is 78.1 Å². The summed E-state index contributed by atoms with van der Waals surface area (Å²) in [6.45, 7) is 6.73. The Labute approximate surface area is 230 Å². The quantitative estimate of drug-likeness (QED) is 0.211. The van der Waals surface area contributed by atoms with E-state index in [0.717, 1.165) is 59.5 Å². The van der Waals surface area contributed by atoms with Crippen molar-refractivity contribution in [1.82, 2.24) is 9.97 Å². The van der Waals surface area contributed by atoms with Crippen molar-refractivity contribution in [2.24, 2.45) is 29.4 Å². The summed E-state index contributed by atoms with van der Waals surface area (Å²) in [5, 5.41) is 8.80. The summed E-state index contributed by atoms with van der Waals surface area (Å²) < 4.78 is 0. The maximum atomic E-state index is 11.2. The molecular weight excluding hydrogens is 492 g/mol. The number of thiazole rings is 1. The van der Waals surface area contributed by atoms with Gasteiger partial charge in [-0.2, -0.15) is 0 Å². The van der Waals surface area contributed by atoms with Gasteiger partial charge in [0, 0.05) is 42.3 Å². The number of hydrogen-bond donors (Lipinski definition) is 2. The van der Waals surface area contributed by atoms with E-state index >= 15 is 0 Å². The minimum absolute atomic E-state index is 0.0109. The number of nitrogens with two attached hydrogens (primary N) is 1. The molecule has 0 saturated heterocycles. The zero-order valence-corrected chi connectivity index (χ0v) is 23.8. The second-order valence-electron chi connectivity index (χ2n) is 11.0. The molecule has 204 valence electrons. The SMILES string of the molecule is CC(=O)c1nccc2ccccc12.CCC1C2CCCC1C(c1csc(NCCCCC(C)C(N)=O)n1)C2. The lowest BCUT2D eigenvalue weighted by Gasteiger charge is -2.30. The van der Waals surface area contributed by atoms with Gasteiger partial charge in [-0.25, -0.2) is 4.98 Å². The number of anilines is 1. The molecule has 1 aromatic carbocycles. The summed E-state index contributed by atoms with van der Waals surface area (Å²) in [5.74, 6) is 3.25. The number of ketones is 1. The molecule has 2 aliphatic carbocycles. The van der Waals surface area contributed by atoms with Crippen LogP contribution in [0.25, 0.3) is 10.8 Å². The molecule has 5 unspecified atom stereocenters. The van der Waals surface area contributed by atoms with E-state index in [0.29, 0.717) is 11.6 Å². The lowest BCUT2D eigenvalue weighted by molar-refractivity contribution is -0.121. The van der Waals surface area contributed by atoms with E-state index < -0.39 is 0 Å². The minimum Gasteiger partial charge on any atom is -0.369 e. The Morgan fingerprint density at radius 1 is 1.18 bits per heavy atom. The number of benzene rings is 1. The Morgan fingerprint density at radius 2 is 2.00 bits per heavy atom. The van der Waals surface area contributed by atoms with Crippen molar-refractivity contribution in [1.29, 1.82) is 0 Å². The molecule has 0 radical (unpaired) electrons. The van der Waals surface area contributed by atoms with Crippen LogP contribution in [0.5, 0.6) is 0 Å². The van der Waals surface area contributed by atoms with E-state index in [1.807, 2.05) is 37.3 Å². The first-order valence-electron chi connectivity index (χ1n) is 14.2. The maximum absolute atomic E-state index is 11.2. The normalized spacial score (nSPS) is 22.9. The number of rotatable bonds is 10. The average Bonchev–Trinajstić information content (AvgIpc) is 3.46. The molecule has 2 fully saturated rings. The van der Waals surface area contributed by atoms with Gasteiger partial charge in [0.15, 0.2) is 10.9 Å². The van der Waals surface area contributed by atoms with Crippen molar-refractivity contribution >= 4 is 38.9 Å². The molecule has 5 rings (SSSR count). The highest BCUT2D eigenvalue weighted by Crippen LogP contribution is 2.55. The summed E-state index contributed by atoms with van der Waals surface area (Å²) in [6, 6.07) is 9.66. The Morgan fingerprint density at radius 3 is 2.74 bits per heavy atom. The third kappa shape index (κ3) is 6.79. The molecule has 0 aliphatic heterocycles. The first kappa shape index (κ1) is 28.2. The summed E-state index contributed by atoms with van der Waals surface area (Å²) in [7, 11) is 0. The van der Waals surface area contributed by atoms with Crippen LogP contribution >= 0.6 is 11.3 Å². The maximum Gasteiger partial charge on any atom is 0.220 e. The predicted molar refractivity (Wildman–Crippen MR) is 157 cm³/mol. The van der Waals surface area contributed by atoms with Crippen LogP contribution in [0.4, 0.5) is 5.13 Å². The van der Waals surface area contributed by atoms with E-state index in [1.165, 1.54) is 44.7 Å². The first-order chi connectivity index (χ1) is 18.4. The number of aromatic nitrogens is 2.